The molecule has 1 rings (SSSR count). The van der Waals surface area contributed by atoms with Gasteiger partial charge in [-0.15, -0.1) is 0 Å². The first-order chi connectivity index (χ1) is 3.79. The molecule has 0 fully saturated rings. The van der Waals surface area contributed by atoms with Gasteiger partial charge in [-0.05, 0) is 0 Å². The van der Waals surface area contributed by atoms with Crippen molar-refractivity contribution in [3.05, 3.63) is 17.5 Å². The smallest absolute Gasteiger partial charge is 0.267 e. The third-order valence-electron chi connectivity index (χ3n) is 0.609. The molecule has 3 nitrogen and oxygen atoms in total. The van der Waals surface area contributed by atoms with Crippen LogP contribution in [0.2, 0.25) is 5.15 Å². The van der Waals surface area contributed by atoms with Gasteiger partial charge in [0.15, 0.2) is 0 Å². The third-order valence-corrected chi connectivity index (χ3v) is 0.815. The quantitative estimate of drug-likeness (QED) is 0.496. The highest BCUT2D eigenvalue weighted by molar-refractivity contribution is 6.29. The van der Waals surface area contributed by atoms with E-state index >= 15 is 0 Å². The molecule has 0 saturated heterocycles. The number of hydrogen-bond donors (Lipinski definition) is 0. The minimum atomic E-state index is -0.356. The summed E-state index contributed by atoms with van der Waals surface area (Å²) >= 11 is 5.29. The number of rotatable bonds is 0. The van der Waals surface area contributed by atoms with E-state index < -0.39 is 0 Å². The summed E-state index contributed by atoms with van der Waals surface area (Å²) < 4.78 is 0. The number of halogens is 1. The van der Waals surface area contributed by atoms with Crippen LogP contribution in [0.15, 0.2) is 12.4 Å². The van der Waals surface area contributed by atoms with Crippen LogP contribution in [0.3, 0.4) is 0 Å². The Hall–Kier alpha value is -0.830. The van der Waals surface area contributed by atoms with Crippen LogP contribution < -0.4 is 0 Å². The van der Waals surface area contributed by atoms with Gasteiger partial charge in [0.25, 0.3) is 5.88 Å². The van der Waals surface area contributed by atoms with Crippen LogP contribution in [0, 0.1) is 0 Å². The Morgan fingerprint density at radius 3 is 2.62 bits per heavy atom. The molecule has 1 aromatic rings. The van der Waals surface area contributed by atoms with Crippen LogP contribution >= 0.6 is 11.6 Å². The highest BCUT2D eigenvalue weighted by Crippen LogP contribution is 2.08. The van der Waals surface area contributed by atoms with Gasteiger partial charge in [-0.25, -0.2) is 4.98 Å². The highest BCUT2D eigenvalue weighted by atomic mass is 35.5. The summed E-state index contributed by atoms with van der Waals surface area (Å²) in [6.45, 7) is 0. The normalized spacial score (nSPS) is 9.12. The highest BCUT2D eigenvalue weighted by Gasteiger charge is 1.90. The Balaban J connectivity index is 3.08. The minimum absolute atomic E-state index is 0.185. The Bertz CT molecular complexity index is 174. The molecule has 0 saturated carbocycles. The molecule has 0 spiro atoms. The monoisotopic (exact) mass is 129 g/mol. The fraction of sp³-hybridized carbons (Fsp3) is 0. The molecule has 0 unspecified atom stereocenters. The first-order valence-corrected chi connectivity index (χ1v) is 2.31. The van der Waals surface area contributed by atoms with E-state index in [0.717, 1.165) is 12.4 Å². The van der Waals surface area contributed by atoms with Gasteiger partial charge in [0.1, 0.15) is 11.5 Å². The van der Waals surface area contributed by atoms with Crippen molar-refractivity contribution in [1.82, 2.24) is 9.97 Å². The molecule has 8 heavy (non-hydrogen) atoms. The second-order valence-electron chi connectivity index (χ2n) is 1.18. The molecule has 1 aromatic heterocycles. The van der Waals surface area contributed by atoms with Crippen LogP contribution in [0.5, 0.6) is 5.88 Å². The lowest BCUT2D eigenvalue weighted by molar-refractivity contribution is 0.336. The maximum Gasteiger partial charge on any atom is 0.274 e. The molecule has 0 atom stereocenters. The Kier molecular flexibility index (Phi) is 1.30. The van der Waals surface area contributed by atoms with E-state index in [1.165, 1.54) is 0 Å². The van der Waals surface area contributed by atoms with Gasteiger partial charge in [-0.2, -0.15) is 4.98 Å². The second kappa shape index (κ2) is 1.96. The topological polar surface area (TPSA) is 45.7 Å². The molecular formula is C4H2ClN2O. The van der Waals surface area contributed by atoms with Crippen molar-refractivity contribution in [3.8, 4) is 5.88 Å². The molecule has 0 aliphatic rings. The van der Waals surface area contributed by atoms with Gasteiger partial charge in [0.2, 0.25) is 0 Å². The van der Waals surface area contributed by atoms with Gasteiger partial charge in [0.05, 0.1) is 0 Å². The van der Waals surface area contributed by atoms with E-state index in [1.54, 1.807) is 0 Å². The van der Waals surface area contributed by atoms with Crippen molar-refractivity contribution in [3.63, 3.8) is 0 Å². The van der Waals surface area contributed by atoms with Crippen LogP contribution in [0.4, 0.5) is 0 Å². The lowest BCUT2D eigenvalue weighted by Crippen LogP contribution is -1.74. The Morgan fingerprint density at radius 2 is 2.25 bits per heavy atom. The molecule has 41 valence electrons. The summed E-state index contributed by atoms with van der Waals surface area (Å²) in [5.41, 5.74) is 0. The maximum atomic E-state index is 10.3. The van der Waals surface area contributed by atoms with Crippen molar-refractivity contribution >= 4 is 11.6 Å². The van der Waals surface area contributed by atoms with E-state index in [-0.39, 0.29) is 11.0 Å². The van der Waals surface area contributed by atoms with E-state index in [2.05, 4.69) is 9.97 Å². The van der Waals surface area contributed by atoms with Crippen molar-refractivity contribution in [2.45, 2.75) is 0 Å². The molecule has 0 aromatic carbocycles. The first-order valence-electron chi connectivity index (χ1n) is 1.93. The van der Waals surface area contributed by atoms with Crippen molar-refractivity contribution in [2.24, 2.45) is 0 Å². The first kappa shape index (κ1) is 5.31. The van der Waals surface area contributed by atoms with Crippen molar-refractivity contribution < 1.29 is 5.11 Å². The number of nitrogens with zero attached hydrogens (tertiary/aromatic N) is 2. The van der Waals surface area contributed by atoms with Crippen LogP contribution in [-0.2, 0) is 5.11 Å². The molecule has 4 heteroatoms. The fourth-order valence-electron chi connectivity index (χ4n) is 0.317. The SMILES string of the molecule is [O]c1cc(Cl)ncn1. The molecular weight excluding hydrogens is 128 g/mol. The average Bonchev–Trinajstić information content (AvgIpc) is 1.64. The summed E-state index contributed by atoms with van der Waals surface area (Å²) in [7, 11) is 0. The van der Waals surface area contributed by atoms with Gasteiger partial charge in [0, 0.05) is 6.07 Å². The summed E-state index contributed by atoms with van der Waals surface area (Å²) in [6, 6.07) is 1.15. The van der Waals surface area contributed by atoms with E-state index in [4.69, 9.17) is 11.6 Å². The van der Waals surface area contributed by atoms with Crippen LogP contribution in [-0.4, -0.2) is 9.97 Å². The zero-order chi connectivity index (χ0) is 5.98. The number of hydrogen-bond acceptors (Lipinski definition) is 2. The molecule has 0 N–H and O–H groups in total. The minimum Gasteiger partial charge on any atom is -0.267 e. The van der Waals surface area contributed by atoms with Crippen LogP contribution in [0.25, 0.3) is 0 Å². The van der Waals surface area contributed by atoms with Crippen molar-refractivity contribution in [2.75, 3.05) is 0 Å². The maximum absolute atomic E-state index is 10.3. The zero-order valence-corrected chi connectivity index (χ0v) is 4.59. The number of aromatic nitrogens is 2. The predicted molar refractivity (Wildman–Crippen MR) is 27.2 cm³/mol. The zero-order valence-electron chi connectivity index (χ0n) is 3.84. The molecule has 1 heterocycles. The summed E-state index contributed by atoms with van der Waals surface area (Å²) in [4.78, 5) is 6.78. The Labute approximate surface area is 51.0 Å². The van der Waals surface area contributed by atoms with Gasteiger partial charge in [-0.3, -0.25) is 5.11 Å². The predicted octanol–water partition coefficient (Wildman–Crippen LogP) is 1.27. The van der Waals surface area contributed by atoms with E-state index in [0.29, 0.717) is 0 Å². The standard InChI is InChI=1S/C4H2ClN2O/c5-3-1-4(8)7-2-6-3/h1-2H. The second-order valence-corrected chi connectivity index (χ2v) is 1.57. The van der Waals surface area contributed by atoms with Gasteiger partial charge < -0.3 is 0 Å². The van der Waals surface area contributed by atoms with Crippen molar-refractivity contribution in [1.29, 1.82) is 0 Å². The van der Waals surface area contributed by atoms with Gasteiger partial charge >= 0.3 is 0 Å². The third kappa shape index (κ3) is 1.07. The summed E-state index contributed by atoms with van der Waals surface area (Å²) in [5, 5.41) is 10.4. The average molecular weight is 130 g/mol. The molecule has 0 aliphatic carbocycles. The van der Waals surface area contributed by atoms with E-state index in [1.807, 2.05) is 0 Å². The molecule has 0 aliphatic heterocycles. The van der Waals surface area contributed by atoms with Gasteiger partial charge in [-0.1, -0.05) is 11.6 Å². The van der Waals surface area contributed by atoms with Crippen LogP contribution in [0.1, 0.15) is 0 Å². The lowest BCUT2D eigenvalue weighted by atomic mass is 10.6. The van der Waals surface area contributed by atoms with E-state index in [9.17, 15) is 5.11 Å². The molecule has 0 amide bonds. The summed E-state index contributed by atoms with van der Waals surface area (Å²) in [5.74, 6) is -0.356. The molecule has 0 bridgehead atoms. The molecule has 1 radical (unpaired) electrons. The Morgan fingerprint density at radius 1 is 1.50 bits per heavy atom. The fourth-order valence-corrected chi connectivity index (χ4v) is 0.454. The largest absolute Gasteiger partial charge is 0.274 e. The summed E-state index contributed by atoms with van der Waals surface area (Å²) in [6.07, 6.45) is 1.13. The lowest BCUT2D eigenvalue weighted by Gasteiger charge is -1.83.